The maximum absolute atomic E-state index is 12.2. The number of nitro benzene ring substituents is 1. The van der Waals surface area contributed by atoms with Crippen LogP contribution in [0.2, 0.25) is 0 Å². The fraction of sp³-hybridized carbons (Fsp3) is 0.188. The lowest BCUT2D eigenvalue weighted by atomic mass is 10.1. The fourth-order valence-corrected chi connectivity index (χ4v) is 2.07. The van der Waals surface area contributed by atoms with Crippen molar-refractivity contribution in [2.24, 2.45) is 0 Å². The summed E-state index contributed by atoms with van der Waals surface area (Å²) in [7, 11) is 2.98. The van der Waals surface area contributed by atoms with Crippen LogP contribution in [0.25, 0.3) is 0 Å². The first-order valence-electron chi connectivity index (χ1n) is 6.78. The van der Waals surface area contributed by atoms with E-state index < -0.39 is 4.92 Å². The highest BCUT2D eigenvalue weighted by Crippen LogP contribution is 2.29. The predicted molar refractivity (Wildman–Crippen MR) is 85.0 cm³/mol. The number of carbonyl (C=O) groups excluding carboxylic acids is 1. The zero-order chi connectivity index (χ0) is 16.8. The zero-order valence-corrected chi connectivity index (χ0v) is 12.7. The van der Waals surface area contributed by atoms with Crippen molar-refractivity contribution >= 4 is 17.3 Å². The van der Waals surface area contributed by atoms with Gasteiger partial charge in [0.05, 0.1) is 31.3 Å². The quantitative estimate of drug-likeness (QED) is 0.653. The summed E-state index contributed by atoms with van der Waals surface area (Å²) >= 11 is 0. The van der Waals surface area contributed by atoms with Gasteiger partial charge >= 0.3 is 0 Å². The number of methoxy groups -OCH3 is 2. The standard InChI is InChI=1S/C16H16N2O5/c1-22-13-5-3-4-11(8-13)9-16(19)17-14-10-12(18(20)21)6-7-15(14)23-2/h3-8,10H,9H2,1-2H3,(H,17,19). The van der Waals surface area contributed by atoms with Crippen molar-refractivity contribution < 1.29 is 19.2 Å². The van der Waals surface area contributed by atoms with Crippen LogP contribution in [-0.4, -0.2) is 25.1 Å². The van der Waals surface area contributed by atoms with E-state index >= 15 is 0 Å². The topological polar surface area (TPSA) is 90.7 Å². The summed E-state index contributed by atoms with van der Waals surface area (Å²) < 4.78 is 10.2. The third kappa shape index (κ3) is 4.19. The van der Waals surface area contributed by atoms with Gasteiger partial charge in [-0.2, -0.15) is 0 Å². The molecule has 0 spiro atoms. The normalized spacial score (nSPS) is 10.0. The molecule has 2 rings (SSSR count). The second-order valence-electron chi connectivity index (χ2n) is 4.72. The van der Waals surface area contributed by atoms with Crippen molar-refractivity contribution in [3.8, 4) is 11.5 Å². The molecule has 7 heteroatoms. The number of nitrogens with one attached hydrogen (secondary N) is 1. The van der Waals surface area contributed by atoms with Crippen molar-refractivity contribution in [1.29, 1.82) is 0 Å². The molecule has 0 aliphatic rings. The maximum atomic E-state index is 12.2. The van der Waals surface area contributed by atoms with E-state index in [-0.39, 0.29) is 23.7 Å². The molecule has 0 aliphatic heterocycles. The third-order valence-corrected chi connectivity index (χ3v) is 3.17. The van der Waals surface area contributed by atoms with E-state index in [1.807, 2.05) is 0 Å². The molecule has 2 aromatic carbocycles. The van der Waals surface area contributed by atoms with Crippen LogP contribution in [0.3, 0.4) is 0 Å². The number of benzene rings is 2. The van der Waals surface area contributed by atoms with Crippen molar-refractivity contribution in [2.75, 3.05) is 19.5 Å². The molecular formula is C16H16N2O5. The molecule has 0 atom stereocenters. The molecule has 1 amide bonds. The van der Waals surface area contributed by atoms with Gasteiger partial charge in [0.15, 0.2) is 0 Å². The van der Waals surface area contributed by atoms with Crippen LogP contribution in [-0.2, 0) is 11.2 Å². The Morgan fingerprint density at radius 3 is 2.61 bits per heavy atom. The highest BCUT2D eigenvalue weighted by molar-refractivity contribution is 5.94. The van der Waals surface area contributed by atoms with Crippen LogP contribution in [0.1, 0.15) is 5.56 Å². The maximum Gasteiger partial charge on any atom is 0.271 e. The number of rotatable bonds is 6. The highest BCUT2D eigenvalue weighted by atomic mass is 16.6. The van der Waals surface area contributed by atoms with Crippen LogP contribution in [0.4, 0.5) is 11.4 Å². The van der Waals surface area contributed by atoms with E-state index in [0.717, 1.165) is 5.56 Å². The van der Waals surface area contributed by atoms with Gasteiger partial charge < -0.3 is 14.8 Å². The van der Waals surface area contributed by atoms with Crippen LogP contribution >= 0.6 is 0 Å². The van der Waals surface area contributed by atoms with Crippen molar-refractivity contribution in [2.45, 2.75) is 6.42 Å². The Hall–Kier alpha value is -3.09. The van der Waals surface area contributed by atoms with Gasteiger partial charge in [-0.25, -0.2) is 0 Å². The molecule has 120 valence electrons. The van der Waals surface area contributed by atoms with E-state index in [1.165, 1.54) is 25.3 Å². The van der Waals surface area contributed by atoms with Gasteiger partial charge in [0.1, 0.15) is 11.5 Å². The monoisotopic (exact) mass is 316 g/mol. The molecule has 0 saturated heterocycles. The first-order chi connectivity index (χ1) is 11.0. The van der Waals surface area contributed by atoms with E-state index in [1.54, 1.807) is 31.4 Å². The van der Waals surface area contributed by atoms with Gasteiger partial charge in [-0.3, -0.25) is 14.9 Å². The number of anilines is 1. The zero-order valence-electron chi connectivity index (χ0n) is 12.7. The summed E-state index contributed by atoms with van der Waals surface area (Å²) in [6.07, 6.45) is 0.114. The molecule has 23 heavy (non-hydrogen) atoms. The Balaban J connectivity index is 2.15. The van der Waals surface area contributed by atoms with Crippen molar-refractivity contribution in [3.05, 3.63) is 58.1 Å². The minimum absolute atomic E-state index is 0.114. The molecule has 0 bridgehead atoms. The minimum atomic E-state index is -0.531. The lowest BCUT2D eigenvalue weighted by Crippen LogP contribution is -2.15. The van der Waals surface area contributed by atoms with Gasteiger partial charge in [-0.05, 0) is 23.8 Å². The molecule has 7 nitrogen and oxygen atoms in total. The molecule has 0 saturated carbocycles. The van der Waals surface area contributed by atoms with E-state index in [0.29, 0.717) is 11.5 Å². The summed E-state index contributed by atoms with van der Waals surface area (Å²) in [6.45, 7) is 0. The number of non-ortho nitro benzene ring substituents is 1. The molecule has 0 heterocycles. The van der Waals surface area contributed by atoms with Crippen LogP contribution in [0.5, 0.6) is 11.5 Å². The van der Waals surface area contributed by atoms with Gasteiger partial charge in [0.25, 0.3) is 5.69 Å². The number of nitro groups is 1. The van der Waals surface area contributed by atoms with E-state index in [9.17, 15) is 14.9 Å². The lowest BCUT2D eigenvalue weighted by Gasteiger charge is -2.10. The molecule has 0 aliphatic carbocycles. The predicted octanol–water partition coefficient (Wildman–Crippen LogP) is 2.79. The van der Waals surface area contributed by atoms with Gasteiger partial charge in [0.2, 0.25) is 5.91 Å². The Morgan fingerprint density at radius 1 is 1.17 bits per heavy atom. The van der Waals surface area contributed by atoms with Crippen LogP contribution < -0.4 is 14.8 Å². The summed E-state index contributed by atoms with van der Waals surface area (Å²) in [5.74, 6) is 0.704. The lowest BCUT2D eigenvalue weighted by molar-refractivity contribution is -0.384. The molecule has 0 aromatic heterocycles. The number of hydrogen-bond acceptors (Lipinski definition) is 5. The average molecular weight is 316 g/mol. The first-order valence-corrected chi connectivity index (χ1v) is 6.78. The Morgan fingerprint density at radius 2 is 1.96 bits per heavy atom. The number of carbonyl (C=O) groups is 1. The Labute approximate surface area is 133 Å². The molecule has 0 fully saturated rings. The SMILES string of the molecule is COc1cccc(CC(=O)Nc2cc([N+](=O)[O-])ccc2OC)c1. The first kappa shape index (κ1) is 16.3. The van der Waals surface area contributed by atoms with Gasteiger partial charge in [-0.1, -0.05) is 12.1 Å². The van der Waals surface area contributed by atoms with Crippen molar-refractivity contribution in [1.82, 2.24) is 0 Å². The van der Waals surface area contributed by atoms with Crippen LogP contribution in [0.15, 0.2) is 42.5 Å². The molecular weight excluding hydrogens is 300 g/mol. The molecule has 2 aromatic rings. The number of hydrogen-bond donors (Lipinski definition) is 1. The minimum Gasteiger partial charge on any atom is -0.497 e. The van der Waals surface area contributed by atoms with Crippen molar-refractivity contribution in [3.63, 3.8) is 0 Å². The summed E-state index contributed by atoms with van der Waals surface area (Å²) in [4.78, 5) is 22.5. The number of ether oxygens (including phenoxy) is 2. The van der Waals surface area contributed by atoms with Crippen LogP contribution in [0, 0.1) is 10.1 Å². The summed E-state index contributed by atoms with van der Waals surface area (Å²) in [5, 5.41) is 13.5. The van der Waals surface area contributed by atoms with Gasteiger partial charge in [0, 0.05) is 12.1 Å². The number of amides is 1. The average Bonchev–Trinajstić information content (AvgIpc) is 2.54. The fourth-order valence-electron chi connectivity index (χ4n) is 2.07. The second-order valence-corrected chi connectivity index (χ2v) is 4.72. The third-order valence-electron chi connectivity index (χ3n) is 3.17. The molecule has 0 unspecified atom stereocenters. The molecule has 0 radical (unpaired) electrons. The van der Waals surface area contributed by atoms with Gasteiger partial charge in [-0.15, -0.1) is 0 Å². The van der Waals surface area contributed by atoms with E-state index in [4.69, 9.17) is 9.47 Å². The Bertz CT molecular complexity index is 730. The number of nitrogens with zero attached hydrogens (tertiary/aromatic N) is 1. The highest BCUT2D eigenvalue weighted by Gasteiger charge is 2.14. The smallest absolute Gasteiger partial charge is 0.271 e. The van der Waals surface area contributed by atoms with E-state index in [2.05, 4.69) is 5.32 Å². The largest absolute Gasteiger partial charge is 0.497 e. The Kier molecular flexibility index (Phi) is 5.14. The second kappa shape index (κ2) is 7.26. The summed E-state index contributed by atoms with van der Waals surface area (Å²) in [6, 6.07) is 11.1. The summed E-state index contributed by atoms with van der Waals surface area (Å²) in [5.41, 5.74) is 0.906. The molecule has 1 N–H and O–H groups in total.